The fraction of sp³-hybridized carbons (Fsp3) is 0.231. The summed E-state index contributed by atoms with van der Waals surface area (Å²) < 4.78 is 0. The predicted octanol–water partition coefficient (Wildman–Crippen LogP) is 9.10. The molecule has 0 amide bonds. The normalized spacial score (nSPS) is 11.3. The second-order valence-electron chi connectivity index (χ2n) is 9.10. The Hall–Kier alpha value is -3.98. The molecule has 5 aromatic rings. The van der Waals surface area contributed by atoms with Crippen LogP contribution in [0.4, 0.5) is 0 Å². The second kappa shape index (κ2) is 17.7. The zero-order chi connectivity index (χ0) is 30.1. The molecule has 0 radical (unpaired) electrons. The zero-order valence-corrected chi connectivity index (χ0v) is 25.5. The van der Waals surface area contributed by atoms with E-state index in [-0.39, 0.29) is 5.41 Å². The highest BCUT2D eigenvalue weighted by atomic mass is 16.2. The largest absolute Gasteiger partial charge is 0.400 e. The van der Waals surface area contributed by atoms with Crippen molar-refractivity contribution >= 4 is 0 Å². The number of aliphatic hydroxyl groups excluding tert-OH is 2. The Morgan fingerprint density at radius 3 is 1.02 bits per heavy atom. The third-order valence-electron chi connectivity index (χ3n) is 7.21. The number of aryl methyl sites for hydroxylation is 2. The van der Waals surface area contributed by atoms with Gasteiger partial charge in [0.05, 0.1) is 5.41 Å². The van der Waals surface area contributed by atoms with Crippen molar-refractivity contribution < 1.29 is 10.2 Å². The summed E-state index contributed by atoms with van der Waals surface area (Å²) in [4.78, 5) is 0. The van der Waals surface area contributed by atoms with Crippen molar-refractivity contribution in [2.24, 2.45) is 0 Å². The van der Waals surface area contributed by atoms with E-state index in [9.17, 15) is 0 Å². The highest BCUT2D eigenvalue weighted by Gasteiger charge is 2.45. The van der Waals surface area contributed by atoms with E-state index in [2.05, 4.69) is 147 Å². The Bertz CT molecular complexity index is 1280. The van der Waals surface area contributed by atoms with Gasteiger partial charge in [0, 0.05) is 14.2 Å². The highest BCUT2D eigenvalue weighted by molar-refractivity contribution is 5.86. The van der Waals surface area contributed by atoms with Gasteiger partial charge in [-0.05, 0) is 57.3 Å². The molecule has 0 saturated carbocycles. The number of hydrogen-bond donors (Lipinski definition) is 2. The molecule has 0 fully saturated rings. The fourth-order valence-electron chi connectivity index (χ4n) is 5.41. The summed E-state index contributed by atoms with van der Waals surface area (Å²) in [6.07, 6.45) is 2.29. The van der Waals surface area contributed by atoms with Crippen molar-refractivity contribution in [1.29, 1.82) is 0 Å². The molecule has 5 aromatic carbocycles. The van der Waals surface area contributed by atoms with E-state index in [1.165, 1.54) is 44.5 Å². The van der Waals surface area contributed by atoms with Crippen LogP contribution in [-0.2, 0) is 18.3 Å². The van der Waals surface area contributed by atoms with E-state index < -0.39 is 0 Å². The quantitative estimate of drug-likeness (QED) is 0.231. The topological polar surface area (TPSA) is 40.5 Å². The second-order valence-corrected chi connectivity index (χ2v) is 9.10. The molecule has 1 aliphatic carbocycles. The van der Waals surface area contributed by atoms with Crippen molar-refractivity contribution in [3.05, 3.63) is 167 Å². The molecule has 0 saturated heterocycles. The first kappa shape index (κ1) is 33.2. The number of hydrogen-bond acceptors (Lipinski definition) is 2. The summed E-state index contributed by atoms with van der Waals surface area (Å²) in [6.45, 7) is 8.36. The molecular formula is C39H46O2. The van der Waals surface area contributed by atoms with Gasteiger partial charge in [-0.2, -0.15) is 0 Å². The van der Waals surface area contributed by atoms with E-state index >= 15 is 0 Å². The van der Waals surface area contributed by atoms with Crippen molar-refractivity contribution in [3.8, 4) is 11.1 Å². The maximum absolute atomic E-state index is 7.00. The standard InChI is InChI=1S/C25H18.C10H14.C2H6.2CH4O/c1-3-11-19(12-4-1)25(20-13-5-2-6-14-20)23-17-9-7-15-21(23)22-16-8-10-18-24(22)25;1-3-9-5-7-10(4-2)8-6-9;3*1-2/h1-18H;5-8H,3-4H2,1-2H3;1-2H3;2*2H,1H3. The minimum absolute atomic E-state index is 0.254. The van der Waals surface area contributed by atoms with Gasteiger partial charge >= 0.3 is 0 Å². The number of rotatable bonds is 4. The Morgan fingerprint density at radius 1 is 0.415 bits per heavy atom. The molecule has 2 heteroatoms. The Labute approximate surface area is 248 Å². The van der Waals surface area contributed by atoms with E-state index in [1.54, 1.807) is 0 Å². The van der Waals surface area contributed by atoms with E-state index in [4.69, 9.17) is 10.2 Å². The Balaban J connectivity index is 0.000000310. The molecule has 0 aliphatic heterocycles. The summed E-state index contributed by atoms with van der Waals surface area (Å²) in [5.74, 6) is 0. The lowest BCUT2D eigenvalue weighted by atomic mass is 9.68. The summed E-state index contributed by atoms with van der Waals surface area (Å²) in [5, 5.41) is 14.0. The smallest absolute Gasteiger partial charge is 0.0713 e. The van der Waals surface area contributed by atoms with Gasteiger partial charge in [0.15, 0.2) is 0 Å². The van der Waals surface area contributed by atoms with E-state index in [0.717, 1.165) is 27.1 Å². The molecule has 0 spiro atoms. The van der Waals surface area contributed by atoms with Crippen LogP contribution in [-0.4, -0.2) is 24.4 Å². The third kappa shape index (κ3) is 7.21. The minimum Gasteiger partial charge on any atom is -0.400 e. The van der Waals surface area contributed by atoms with Crippen molar-refractivity contribution in [3.63, 3.8) is 0 Å². The van der Waals surface area contributed by atoms with Gasteiger partial charge in [-0.1, -0.05) is 161 Å². The monoisotopic (exact) mass is 546 g/mol. The highest BCUT2D eigenvalue weighted by Crippen LogP contribution is 2.55. The van der Waals surface area contributed by atoms with Crippen LogP contribution in [0.15, 0.2) is 133 Å². The van der Waals surface area contributed by atoms with Crippen LogP contribution in [0.1, 0.15) is 61.1 Å². The first-order valence-corrected chi connectivity index (χ1v) is 14.6. The van der Waals surface area contributed by atoms with Gasteiger partial charge in [0.25, 0.3) is 0 Å². The van der Waals surface area contributed by atoms with Crippen LogP contribution < -0.4 is 0 Å². The summed E-state index contributed by atoms with van der Waals surface area (Å²) in [5.41, 5.74) is 10.7. The maximum Gasteiger partial charge on any atom is 0.0713 e. The van der Waals surface area contributed by atoms with Crippen molar-refractivity contribution in [2.45, 2.75) is 46.0 Å². The first-order valence-electron chi connectivity index (χ1n) is 14.6. The molecule has 0 bridgehead atoms. The van der Waals surface area contributed by atoms with Crippen molar-refractivity contribution in [2.75, 3.05) is 14.2 Å². The molecule has 0 aromatic heterocycles. The molecule has 41 heavy (non-hydrogen) atoms. The number of fused-ring (bicyclic) bond motifs is 3. The molecule has 1 aliphatic rings. The lowest BCUT2D eigenvalue weighted by Crippen LogP contribution is -2.28. The van der Waals surface area contributed by atoms with Crippen LogP contribution in [0.5, 0.6) is 0 Å². The zero-order valence-electron chi connectivity index (χ0n) is 25.5. The molecule has 2 N–H and O–H groups in total. The van der Waals surface area contributed by atoms with E-state index in [1.807, 2.05) is 13.8 Å². The maximum atomic E-state index is 7.00. The van der Waals surface area contributed by atoms with Crippen molar-refractivity contribution in [1.82, 2.24) is 0 Å². The predicted molar refractivity (Wildman–Crippen MR) is 177 cm³/mol. The number of benzene rings is 5. The third-order valence-corrected chi connectivity index (χ3v) is 7.21. The van der Waals surface area contributed by atoms with Gasteiger partial charge in [-0.25, -0.2) is 0 Å². The lowest BCUT2D eigenvalue weighted by molar-refractivity contribution is 0.399. The number of aliphatic hydroxyl groups is 2. The molecule has 6 rings (SSSR count). The Kier molecular flexibility index (Phi) is 14.3. The molecule has 0 atom stereocenters. The Morgan fingerprint density at radius 2 is 0.707 bits per heavy atom. The van der Waals surface area contributed by atoms with Gasteiger partial charge in [-0.15, -0.1) is 0 Å². The average Bonchev–Trinajstić information content (AvgIpc) is 3.40. The molecule has 214 valence electrons. The summed E-state index contributed by atoms with van der Waals surface area (Å²) in [7, 11) is 2.00. The molecular weight excluding hydrogens is 500 g/mol. The van der Waals surface area contributed by atoms with Crippen LogP contribution >= 0.6 is 0 Å². The van der Waals surface area contributed by atoms with Crippen LogP contribution in [0.25, 0.3) is 11.1 Å². The SMILES string of the molecule is CC.CCc1ccc(CC)cc1.CO.CO.c1ccc(C2(c3ccccc3)c3ccccc3-c3ccccc32)cc1. The lowest BCUT2D eigenvalue weighted by Gasteiger charge is -2.33. The van der Waals surface area contributed by atoms with E-state index in [0.29, 0.717) is 0 Å². The molecule has 0 unspecified atom stereocenters. The minimum atomic E-state index is -0.254. The average molecular weight is 547 g/mol. The van der Waals surface area contributed by atoms with Gasteiger partial charge in [0.1, 0.15) is 0 Å². The summed E-state index contributed by atoms with van der Waals surface area (Å²) >= 11 is 0. The van der Waals surface area contributed by atoms with Gasteiger partial charge < -0.3 is 10.2 Å². The van der Waals surface area contributed by atoms with Gasteiger partial charge in [0.2, 0.25) is 0 Å². The fourth-order valence-corrected chi connectivity index (χ4v) is 5.41. The molecule has 0 heterocycles. The van der Waals surface area contributed by atoms with Crippen LogP contribution in [0.3, 0.4) is 0 Å². The summed E-state index contributed by atoms with van der Waals surface area (Å²) in [6, 6.07) is 48.3. The van der Waals surface area contributed by atoms with Gasteiger partial charge in [-0.3, -0.25) is 0 Å². The molecule has 2 nitrogen and oxygen atoms in total. The van der Waals surface area contributed by atoms with Crippen LogP contribution in [0.2, 0.25) is 0 Å². The van der Waals surface area contributed by atoms with Crippen LogP contribution in [0, 0.1) is 0 Å². The first-order chi connectivity index (χ1) is 20.3.